The highest BCUT2D eigenvalue weighted by Gasteiger charge is 2.26. The molecule has 0 aliphatic heterocycles. The maximum atomic E-state index is 12.7. The smallest absolute Gasteiger partial charge is 0.260 e. The topological polar surface area (TPSA) is 75.5 Å². The lowest BCUT2D eigenvalue weighted by Crippen LogP contribution is -2.35. The quantitative estimate of drug-likeness (QED) is 0.822. The van der Waals surface area contributed by atoms with Gasteiger partial charge in [-0.15, -0.1) is 0 Å². The lowest BCUT2D eigenvalue weighted by molar-refractivity contribution is 0.510. The summed E-state index contributed by atoms with van der Waals surface area (Å²) in [6.45, 7) is 4.03. The van der Waals surface area contributed by atoms with Gasteiger partial charge in [-0.2, -0.15) is 0 Å². The van der Waals surface area contributed by atoms with Crippen molar-refractivity contribution >= 4 is 21.5 Å². The fourth-order valence-corrected chi connectivity index (χ4v) is 4.01. The predicted molar refractivity (Wildman–Crippen MR) is 84.0 cm³/mol. The first kappa shape index (κ1) is 15.8. The first-order valence-electron chi connectivity index (χ1n) is 7.20. The van der Waals surface area contributed by atoms with Crippen LogP contribution in [0.15, 0.2) is 29.4 Å². The van der Waals surface area contributed by atoms with E-state index in [1.807, 2.05) is 19.9 Å². The zero-order chi connectivity index (χ0) is 15.5. The number of hydrogen-bond acceptors (Lipinski definition) is 4. The highest BCUT2D eigenvalue weighted by molar-refractivity contribution is 7.89. The van der Waals surface area contributed by atoms with Gasteiger partial charge in [0.15, 0.2) is 10.8 Å². The Morgan fingerprint density at radius 1 is 1.33 bits per heavy atom. The van der Waals surface area contributed by atoms with Crippen LogP contribution in [0.25, 0.3) is 5.65 Å². The fraction of sp³-hybridized carbons (Fsp3) is 0.500. The maximum Gasteiger partial charge on any atom is 0.260 e. The zero-order valence-corrected chi connectivity index (χ0v) is 13.4. The average Bonchev–Trinajstić information content (AvgIpc) is 2.85. The number of imidazole rings is 1. The number of pyridine rings is 1. The Labute approximate surface area is 125 Å². The van der Waals surface area contributed by atoms with Gasteiger partial charge in [-0.05, 0) is 25.0 Å². The van der Waals surface area contributed by atoms with Crippen LogP contribution in [0.2, 0.25) is 0 Å². The minimum absolute atomic E-state index is 0.0565. The van der Waals surface area contributed by atoms with E-state index in [2.05, 4.69) is 15.0 Å². The third-order valence-electron chi connectivity index (χ3n) is 3.43. The number of rotatable bonds is 7. The van der Waals surface area contributed by atoms with Crippen LogP contribution in [-0.2, 0) is 10.0 Å². The molecule has 0 aromatic carbocycles. The molecule has 116 valence electrons. The summed E-state index contributed by atoms with van der Waals surface area (Å²) < 4.78 is 29.8. The van der Waals surface area contributed by atoms with Crippen LogP contribution in [0.4, 0.5) is 5.82 Å². The molecule has 6 nitrogen and oxygen atoms in total. The van der Waals surface area contributed by atoms with Gasteiger partial charge in [0.2, 0.25) is 0 Å². The molecule has 2 rings (SSSR count). The number of anilines is 1. The minimum atomic E-state index is -3.63. The molecule has 7 heteroatoms. The molecule has 0 aliphatic carbocycles. The highest BCUT2D eigenvalue weighted by atomic mass is 32.2. The molecule has 2 aromatic heterocycles. The number of hydrogen-bond donors (Lipinski definition) is 2. The summed E-state index contributed by atoms with van der Waals surface area (Å²) in [6.07, 6.45) is 4.23. The van der Waals surface area contributed by atoms with Gasteiger partial charge in [0.05, 0.1) is 0 Å². The van der Waals surface area contributed by atoms with Crippen LogP contribution >= 0.6 is 0 Å². The van der Waals surface area contributed by atoms with E-state index in [-0.39, 0.29) is 11.1 Å². The van der Waals surface area contributed by atoms with E-state index in [0.717, 1.165) is 19.3 Å². The minimum Gasteiger partial charge on any atom is -0.371 e. The van der Waals surface area contributed by atoms with Crippen LogP contribution in [0.5, 0.6) is 0 Å². The van der Waals surface area contributed by atoms with Crippen LogP contribution in [0.1, 0.15) is 33.1 Å². The third kappa shape index (κ3) is 3.19. The molecule has 1 unspecified atom stereocenters. The van der Waals surface area contributed by atoms with Crippen molar-refractivity contribution in [1.82, 2.24) is 14.1 Å². The van der Waals surface area contributed by atoms with Gasteiger partial charge < -0.3 is 5.32 Å². The SMILES string of the molecule is CCCC(CC)NS(=O)(=O)c1c(NC)nc2ccccn12. The maximum absolute atomic E-state index is 12.7. The molecule has 1 atom stereocenters. The van der Waals surface area contributed by atoms with Gasteiger partial charge in [0.1, 0.15) is 5.65 Å². The second-order valence-corrected chi connectivity index (χ2v) is 6.59. The molecule has 0 aliphatic rings. The van der Waals surface area contributed by atoms with Gasteiger partial charge in [-0.3, -0.25) is 4.40 Å². The summed E-state index contributed by atoms with van der Waals surface area (Å²) in [4.78, 5) is 4.31. The number of sulfonamides is 1. The summed E-state index contributed by atoms with van der Waals surface area (Å²) in [6, 6.07) is 5.34. The third-order valence-corrected chi connectivity index (χ3v) is 4.97. The summed E-state index contributed by atoms with van der Waals surface area (Å²) in [5.41, 5.74) is 0.603. The summed E-state index contributed by atoms with van der Waals surface area (Å²) in [5, 5.41) is 3.03. The molecule has 0 bridgehead atoms. The van der Waals surface area contributed by atoms with Crippen molar-refractivity contribution in [1.29, 1.82) is 0 Å². The van der Waals surface area contributed by atoms with Crippen molar-refractivity contribution in [3.63, 3.8) is 0 Å². The Balaban J connectivity index is 2.48. The van der Waals surface area contributed by atoms with Crippen molar-refractivity contribution in [2.45, 2.75) is 44.2 Å². The standard InChI is InChI=1S/C14H22N4O2S/c1-4-8-11(5-2)17-21(19,20)14-13(15-3)16-12-9-6-7-10-18(12)14/h6-7,9-11,15,17H,4-5,8H2,1-3H3. The van der Waals surface area contributed by atoms with E-state index in [1.165, 1.54) is 0 Å². The van der Waals surface area contributed by atoms with Crippen LogP contribution in [-0.4, -0.2) is 30.9 Å². The second kappa shape index (κ2) is 6.44. The molecule has 0 radical (unpaired) electrons. The van der Waals surface area contributed by atoms with E-state index >= 15 is 0 Å². The summed E-state index contributed by atoms with van der Waals surface area (Å²) in [7, 11) is -1.96. The summed E-state index contributed by atoms with van der Waals surface area (Å²) >= 11 is 0. The number of aromatic nitrogens is 2. The molecule has 21 heavy (non-hydrogen) atoms. The molecule has 0 spiro atoms. The Kier molecular flexibility index (Phi) is 4.84. The van der Waals surface area contributed by atoms with Gasteiger partial charge in [0, 0.05) is 19.3 Å². The average molecular weight is 310 g/mol. The molecule has 2 N–H and O–H groups in total. The Bertz CT molecular complexity index is 709. The molecule has 0 amide bonds. The number of nitrogens with one attached hydrogen (secondary N) is 2. The first-order valence-corrected chi connectivity index (χ1v) is 8.69. The molecule has 2 aromatic rings. The lowest BCUT2D eigenvalue weighted by atomic mass is 10.1. The Morgan fingerprint density at radius 3 is 2.71 bits per heavy atom. The van der Waals surface area contributed by atoms with Gasteiger partial charge in [-0.1, -0.05) is 26.3 Å². The van der Waals surface area contributed by atoms with Crippen molar-refractivity contribution in [2.75, 3.05) is 12.4 Å². The molecule has 2 heterocycles. The first-order chi connectivity index (χ1) is 10.0. The van der Waals surface area contributed by atoms with E-state index in [9.17, 15) is 8.42 Å². The zero-order valence-electron chi connectivity index (χ0n) is 12.6. The fourth-order valence-electron chi connectivity index (χ4n) is 2.36. The normalized spacial score (nSPS) is 13.5. The van der Waals surface area contributed by atoms with E-state index < -0.39 is 10.0 Å². The largest absolute Gasteiger partial charge is 0.371 e. The number of fused-ring (bicyclic) bond motifs is 1. The Hall–Kier alpha value is -1.60. The highest BCUT2D eigenvalue weighted by Crippen LogP contribution is 2.23. The van der Waals surface area contributed by atoms with Crippen molar-refractivity contribution in [3.05, 3.63) is 24.4 Å². The van der Waals surface area contributed by atoms with Crippen molar-refractivity contribution in [2.24, 2.45) is 0 Å². The second-order valence-electron chi connectivity index (χ2n) is 4.96. The van der Waals surface area contributed by atoms with Crippen LogP contribution < -0.4 is 10.0 Å². The molecule has 0 fully saturated rings. The molecular formula is C14H22N4O2S. The van der Waals surface area contributed by atoms with Crippen LogP contribution in [0.3, 0.4) is 0 Å². The van der Waals surface area contributed by atoms with Gasteiger partial charge in [0.25, 0.3) is 10.0 Å². The van der Waals surface area contributed by atoms with Gasteiger partial charge >= 0.3 is 0 Å². The van der Waals surface area contributed by atoms with Gasteiger partial charge in [-0.25, -0.2) is 18.1 Å². The van der Waals surface area contributed by atoms with E-state index in [0.29, 0.717) is 11.5 Å². The molecule has 0 saturated carbocycles. The monoisotopic (exact) mass is 310 g/mol. The van der Waals surface area contributed by atoms with Crippen LogP contribution in [0, 0.1) is 0 Å². The summed E-state index contributed by atoms with van der Waals surface area (Å²) in [5.74, 6) is 0.361. The van der Waals surface area contributed by atoms with Crippen molar-refractivity contribution in [3.8, 4) is 0 Å². The molecule has 0 saturated heterocycles. The predicted octanol–water partition coefficient (Wildman–Crippen LogP) is 2.23. The van der Waals surface area contributed by atoms with E-state index in [1.54, 1.807) is 29.8 Å². The molecular weight excluding hydrogens is 288 g/mol. The Morgan fingerprint density at radius 2 is 2.10 bits per heavy atom. The van der Waals surface area contributed by atoms with E-state index in [4.69, 9.17) is 0 Å². The lowest BCUT2D eigenvalue weighted by Gasteiger charge is -2.16. The van der Waals surface area contributed by atoms with Crippen molar-refractivity contribution < 1.29 is 8.42 Å². The number of nitrogens with zero attached hydrogens (tertiary/aromatic N) is 2.